The van der Waals surface area contributed by atoms with Gasteiger partial charge in [-0.2, -0.15) is 5.26 Å². The highest BCUT2D eigenvalue weighted by Crippen LogP contribution is 2.44. The van der Waals surface area contributed by atoms with E-state index >= 15 is 0 Å². The fourth-order valence-corrected chi connectivity index (χ4v) is 3.27. The molecule has 2 aromatic rings. The fraction of sp³-hybridized carbons (Fsp3) is 0.238. The van der Waals surface area contributed by atoms with Crippen LogP contribution in [0.2, 0.25) is 0 Å². The summed E-state index contributed by atoms with van der Waals surface area (Å²) in [7, 11) is 0. The van der Waals surface area contributed by atoms with Crippen molar-refractivity contribution in [3.8, 4) is 24.3 Å². The molecule has 0 bridgehead atoms. The van der Waals surface area contributed by atoms with Crippen LogP contribution in [0.3, 0.4) is 0 Å². The van der Waals surface area contributed by atoms with E-state index in [0.717, 1.165) is 0 Å². The van der Waals surface area contributed by atoms with Crippen molar-refractivity contribution in [2.75, 3.05) is 4.90 Å². The third-order valence-corrected chi connectivity index (χ3v) is 4.60. The Labute approximate surface area is 158 Å². The van der Waals surface area contributed by atoms with Crippen LogP contribution in [0.5, 0.6) is 5.75 Å². The molecule has 0 unspecified atom stereocenters. The number of nitrogens with two attached hydrogens (primary N) is 1. The van der Waals surface area contributed by atoms with E-state index in [1.54, 1.807) is 43.1 Å². The SMILES string of the molecule is C#Cc1ccc2c(c1)[C@H](N(C(N)=NC#N)c1ccccc1)[C@@H](O)C(C)(C)O2. The molecule has 0 aliphatic carbocycles. The van der Waals surface area contributed by atoms with E-state index in [9.17, 15) is 5.11 Å². The second-order valence-electron chi connectivity index (χ2n) is 6.77. The van der Waals surface area contributed by atoms with Gasteiger partial charge < -0.3 is 20.5 Å². The van der Waals surface area contributed by atoms with Crippen LogP contribution >= 0.6 is 0 Å². The Kier molecular flexibility index (Phi) is 4.77. The molecule has 0 amide bonds. The highest BCUT2D eigenvalue weighted by atomic mass is 16.5. The first-order valence-electron chi connectivity index (χ1n) is 8.43. The Bertz CT molecular complexity index is 954. The summed E-state index contributed by atoms with van der Waals surface area (Å²) in [5.74, 6) is 3.17. The first kappa shape index (κ1) is 18.3. The lowest BCUT2D eigenvalue weighted by Gasteiger charge is -2.46. The number of para-hydroxylation sites is 1. The van der Waals surface area contributed by atoms with Crippen molar-refractivity contribution in [1.82, 2.24) is 0 Å². The Hall–Kier alpha value is -3.48. The minimum Gasteiger partial charge on any atom is -0.485 e. The fourth-order valence-electron chi connectivity index (χ4n) is 3.27. The van der Waals surface area contributed by atoms with Crippen LogP contribution in [0.4, 0.5) is 5.69 Å². The molecule has 0 spiro atoms. The van der Waals surface area contributed by atoms with Crippen molar-refractivity contribution in [2.24, 2.45) is 10.7 Å². The average molecular weight is 360 g/mol. The minimum absolute atomic E-state index is 0.0255. The molecular formula is C21H20N4O2. The van der Waals surface area contributed by atoms with E-state index in [-0.39, 0.29) is 5.96 Å². The number of guanidine groups is 1. The summed E-state index contributed by atoms with van der Waals surface area (Å²) in [5, 5.41) is 20.2. The normalized spacial score (nSPS) is 20.6. The number of terminal acetylenes is 1. The third kappa shape index (κ3) is 3.31. The van der Waals surface area contributed by atoms with Gasteiger partial charge in [-0.05, 0) is 44.2 Å². The predicted molar refractivity (Wildman–Crippen MR) is 104 cm³/mol. The summed E-state index contributed by atoms with van der Waals surface area (Å²) in [5.41, 5.74) is 7.25. The van der Waals surface area contributed by atoms with Crippen LogP contribution in [0.15, 0.2) is 53.5 Å². The minimum atomic E-state index is -0.967. The molecule has 1 aliphatic rings. The second kappa shape index (κ2) is 7.03. The second-order valence-corrected chi connectivity index (χ2v) is 6.77. The number of anilines is 1. The number of hydrogen-bond donors (Lipinski definition) is 2. The summed E-state index contributed by atoms with van der Waals surface area (Å²) in [6.45, 7) is 3.59. The Balaban J connectivity index is 2.26. The van der Waals surface area contributed by atoms with Crippen molar-refractivity contribution < 1.29 is 9.84 Å². The summed E-state index contributed by atoms with van der Waals surface area (Å²) in [6.07, 6.45) is 6.30. The number of aliphatic hydroxyl groups excluding tert-OH is 1. The van der Waals surface area contributed by atoms with Gasteiger partial charge in [0.25, 0.3) is 0 Å². The molecule has 0 fully saturated rings. The molecule has 0 aromatic heterocycles. The molecule has 6 nitrogen and oxygen atoms in total. The van der Waals surface area contributed by atoms with Gasteiger partial charge in [-0.15, -0.1) is 11.4 Å². The molecule has 0 saturated heterocycles. The third-order valence-electron chi connectivity index (χ3n) is 4.60. The van der Waals surface area contributed by atoms with Gasteiger partial charge in [0.05, 0.1) is 6.04 Å². The van der Waals surface area contributed by atoms with E-state index in [4.69, 9.17) is 22.2 Å². The Morgan fingerprint density at radius 2 is 2.00 bits per heavy atom. The molecule has 0 saturated carbocycles. The lowest BCUT2D eigenvalue weighted by Crippen LogP contribution is -2.56. The van der Waals surface area contributed by atoms with Gasteiger partial charge in [0.1, 0.15) is 17.5 Å². The molecule has 6 heteroatoms. The van der Waals surface area contributed by atoms with E-state index in [0.29, 0.717) is 22.6 Å². The van der Waals surface area contributed by atoms with Gasteiger partial charge in [0.2, 0.25) is 12.2 Å². The van der Waals surface area contributed by atoms with Crippen molar-refractivity contribution in [3.63, 3.8) is 0 Å². The van der Waals surface area contributed by atoms with Crippen LogP contribution in [0.25, 0.3) is 0 Å². The molecule has 27 heavy (non-hydrogen) atoms. The average Bonchev–Trinajstić information content (AvgIpc) is 2.66. The molecule has 136 valence electrons. The van der Waals surface area contributed by atoms with Gasteiger partial charge >= 0.3 is 0 Å². The maximum absolute atomic E-state index is 11.1. The number of aliphatic hydroxyl groups is 1. The Morgan fingerprint density at radius 1 is 1.30 bits per heavy atom. The summed E-state index contributed by atoms with van der Waals surface area (Å²) < 4.78 is 6.00. The van der Waals surface area contributed by atoms with Crippen LogP contribution < -0.4 is 15.4 Å². The lowest BCUT2D eigenvalue weighted by atomic mass is 9.84. The highest BCUT2D eigenvalue weighted by Gasteiger charge is 2.46. The molecule has 0 radical (unpaired) electrons. The number of nitrogens with zero attached hydrogens (tertiary/aromatic N) is 3. The first-order chi connectivity index (χ1) is 12.9. The van der Waals surface area contributed by atoms with E-state index < -0.39 is 17.7 Å². The topological polar surface area (TPSA) is 94.9 Å². The van der Waals surface area contributed by atoms with E-state index in [1.807, 2.05) is 30.3 Å². The number of benzene rings is 2. The number of rotatable bonds is 2. The van der Waals surface area contributed by atoms with Gasteiger partial charge in [0.15, 0.2) is 0 Å². The number of nitriles is 1. The Morgan fingerprint density at radius 3 is 2.63 bits per heavy atom. The molecule has 3 N–H and O–H groups in total. The maximum Gasteiger partial charge on any atom is 0.212 e. The van der Waals surface area contributed by atoms with E-state index in [2.05, 4.69) is 10.9 Å². The zero-order chi connectivity index (χ0) is 19.6. The molecule has 3 rings (SSSR count). The monoisotopic (exact) mass is 360 g/mol. The number of hydrogen-bond acceptors (Lipinski definition) is 4. The van der Waals surface area contributed by atoms with Crippen molar-refractivity contribution in [2.45, 2.75) is 31.6 Å². The van der Waals surface area contributed by atoms with Gasteiger partial charge in [-0.1, -0.05) is 24.1 Å². The standard InChI is InChI=1S/C21H20N4O2/c1-4-14-10-11-17-16(12-14)18(19(26)21(2,3)27-17)25(20(23)24-13-22)15-8-6-5-7-9-15/h1,5-12,18-19,26H,2-3H3,(H2,23,24)/t18-,19+/m0/s1. The highest BCUT2D eigenvalue weighted by molar-refractivity contribution is 5.96. The first-order valence-corrected chi connectivity index (χ1v) is 8.43. The predicted octanol–water partition coefficient (Wildman–Crippen LogP) is 2.54. The number of aliphatic imine (C=N–C) groups is 1. The van der Waals surface area contributed by atoms with E-state index in [1.165, 1.54) is 0 Å². The quantitative estimate of drug-likeness (QED) is 0.371. The molecule has 2 aromatic carbocycles. The molecule has 1 aliphatic heterocycles. The van der Waals surface area contributed by atoms with Gasteiger partial charge in [-0.3, -0.25) is 0 Å². The summed E-state index contributed by atoms with van der Waals surface area (Å²) >= 11 is 0. The van der Waals surface area contributed by atoms with Crippen LogP contribution in [0, 0.1) is 23.8 Å². The number of ether oxygens (including phenoxy) is 1. The summed E-state index contributed by atoms with van der Waals surface area (Å²) in [6, 6.07) is 13.9. The van der Waals surface area contributed by atoms with Crippen LogP contribution in [0.1, 0.15) is 31.0 Å². The largest absolute Gasteiger partial charge is 0.485 e. The smallest absolute Gasteiger partial charge is 0.212 e. The molecule has 1 heterocycles. The van der Waals surface area contributed by atoms with Gasteiger partial charge in [0, 0.05) is 16.8 Å². The van der Waals surface area contributed by atoms with Crippen molar-refractivity contribution in [1.29, 1.82) is 5.26 Å². The van der Waals surface area contributed by atoms with Gasteiger partial charge in [-0.25, -0.2) is 0 Å². The zero-order valence-electron chi connectivity index (χ0n) is 15.1. The molecular weight excluding hydrogens is 340 g/mol. The summed E-state index contributed by atoms with van der Waals surface area (Å²) in [4.78, 5) is 5.34. The van der Waals surface area contributed by atoms with Crippen LogP contribution in [-0.4, -0.2) is 22.8 Å². The zero-order valence-corrected chi connectivity index (χ0v) is 15.1. The lowest BCUT2D eigenvalue weighted by molar-refractivity contribution is -0.0565. The molecule has 2 atom stereocenters. The van der Waals surface area contributed by atoms with Crippen LogP contribution in [-0.2, 0) is 0 Å². The number of fused-ring (bicyclic) bond motifs is 1. The van der Waals surface area contributed by atoms with Crippen molar-refractivity contribution in [3.05, 3.63) is 59.7 Å². The van der Waals surface area contributed by atoms with Crippen molar-refractivity contribution >= 4 is 11.6 Å². The maximum atomic E-state index is 11.1.